The highest BCUT2D eigenvalue weighted by Crippen LogP contribution is 2.33. The maximum atomic E-state index is 3.55. The molecule has 1 saturated heterocycles. The smallest absolute Gasteiger partial charge is 0.0124 e. The molecule has 4 atom stereocenters. The van der Waals surface area contributed by atoms with Gasteiger partial charge in [-0.05, 0) is 50.2 Å². The highest BCUT2D eigenvalue weighted by atomic mass is 15.2. The fraction of sp³-hybridized carbons (Fsp3) is 1.00. The van der Waals surface area contributed by atoms with Crippen molar-refractivity contribution in [3.05, 3.63) is 0 Å². The predicted octanol–water partition coefficient (Wildman–Crippen LogP) is 2.74. The monoisotopic (exact) mass is 238 g/mol. The van der Waals surface area contributed by atoms with E-state index in [1.165, 1.54) is 51.9 Å². The van der Waals surface area contributed by atoms with Crippen LogP contribution in [0.4, 0.5) is 0 Å². The zero-order valence-electron chi connectivity index (χ0n) is 11.9. The Bertz CT molecular complexity index is 229. The SMILES string of the molecule is CC1CNCCCN(C2CCCC(C)C2C)C1. The first-order chi connectivity index (χ1) is 8.18. The third-order valence-corrected chi connectivity index (χ3v) is 4.97. The molecule has 17 heavy (non-hydrogen) atoms. The molecule has 2 nitrogen and oxygen atoms in total. The number of rotatable bonds is 1. The Hall–Kier alpha value is -0.0800. The fourth-order valence-electron chi connectivity index (χ4n) is 3.68. The van der Waals surface area contributed by atoms with E-state index in [1.807, 2.05) is 0 Å². The van der Waals surface area contributed by atoms with Gasteiger partial charge in [0.15, 0.2) is 0 Å². The van der Waals surface area contributed by atoms with Gasteiger partial charge in [-0.1, -0.05) is 33.6 Å². The highest BCUT2D eigenvalue weighted by molar-refractivity contribution is 4.86. The summed E-state index contributed by atoms with van der Waals surface area (Å²) in [6.45, 7) is 12.3. The summed E-state index contributed by atoms with van der Waals surface area (Å²) in [5.74, 6) is 2.62. The van der Waals surface area contributed by atoms with Gasteiger partial charge in [-0.25, -0.2) is 0 Å². The van der Waals surface area contributed by atoms with Crippen molar-refractivity contribution in [2.24, 2.45) is 17.8 Å². The van der Waals surface area contributed by atoms with Gasteiger partial charge in [0.1, 0.15) is 0 Å². The lowest BCUT2D eigenvalue weighted by Crippen LogP contribution is -2.49. The second-order valence-corrected chi connectivity index (χ2v) is 6.49. The van der Waals surface area contributed by atoms with Crippen LogP contribution < -0.4 is 5.32 Å². The van der Waals surface area contributed by atoms with Crippen molar-refractivity contribution in [2.45, 2.75) is 52.5 Å². The van der Waals surface area contributed by atoms with Crippen molar-refractivity contribution >= 4 is 0 Å². The average Bonchev–Trinajstić information content (AvgIpc) is 2.27. The van der Waals surface area contributed by atoms with E-state index in [2.05, 4.69) is 31.0 Å². The van der Waals surface area contributed by atoms with Gasteiger partial charge in [-0.2, -0.15) is 0 Å². The van der Waals surface area contributed by atoms with Gasteiger partial charge < -0.3 is 5.32 Å². The molecule has 1 aliphatic carbocycles. The van der Waals surface area contributed by atoms with Gasteiger partial charge in [-0.3, -0.25) is 4.90 Å². The number of nitrogens with one attached hydrogen (secondary N) is 1. The van der Waals surface area contributed by atoms with Crippen LogP contribution in [0.2, 0.25) is 0 Å². The first-order valence-corrected chi connectivity index (χ1v) is 7.63. The largest absolute Gasteiger partial charge is 0.316 e. The molecule has 0 bridgehead atoms. The van der Waals surface area contributed by atoms with E-state index in [-0.39, 0.29) is 0 Å². The predicted molar refractivity (Wildman–Crippen MR) is 74.2 cm³/mol. The van der Waals surface area contributed by atoms with Crippen molar-refractivity contribution in [2.75, 3.05) is 26.2 Å². The molecule has 2 heteroatoms. The molecule has 1 aliphatic heterocycles. The van der Waals surface area contributed by atoms with Crippen molar-refractivity contribution in [1.29, 1.82) is 0 Å². The van der Waals surface area contributed by atoms with Gasteiger partial charge >= 0.3 is 0 Å². The third-order valence-electron chi connectivity index (χ3n) is 4.97. The lowest BCUT2D eigenvalue weighted by Gasteiger charge is -2.43. The summed E-state index contributed by atoms with van der Waals surface area (Å²) in [5.41, 5.74) is 0. The van der Waals surface area contributed by atoms with Crippen molar-refractivity contribution in [1.82, 2.24) is 10.2 Å². The van der Waals surface area contributed by atoms with Crippen LogP contribution in [0.1, 0.15) is 46.5 Å². The minimum atomic E-state index is 0.805. The van der Waals surface area contributed by atoms with Gasteiger partial charge in [-0.15, -0.1) is 0 Å². The van der Waals surface area contributed by atoms with Crippen LogP contribution in [0.15, 0.2) is 0 Å². The molecule has 2 rings (SSSR count). The second-order valence-electron chi connectivity index (χ2n) is 6.49. The van der Waals surface area contributed by atoms with Crippen LogP contribution in [0.3, 0.4) is 0 Å². The van der Waals surface area contributed by atoms with Crippen LogP contribution in [0.5, 0.6) is 0 Å². The Balaban J connectivity index is 1.97. The molecule has 4 unspecified atom stereocenters. The topological polar surface area (TPSA) is 15.3 Å². The van der Waals surface area contributed by atoms with E-state index in [9.17, 15) is 0 Å². The van der Waals surface area contributed by atoms with E-state index in [0.717, 1.165) is 23.8 Å². The lowest BCUT2D eigenvalue weighted by molar-refractivity contribution is 0.0643. The molecule has 0 spiro atoms. The maximum absolute atomic E-state index is 3.55. The Morgan fingerprint density at radius 1 is 1.06 bits per heavy atom. The molecule has 0 radical (unpaired) electrons. The molecule has 2 aliphatic rings. The minimum Gasteiger partial charge on any atom is -0.316 e. The minimum absolute atomic E-state index is 0.805. The summed E-state index contributed by atoms with van der Waals surface area (Å²) >= 11 is 0. The van der Waals surface area contributed by atoms with Crippen LogP contribution in [-0.4, -0.2) is 37.1 Å². The Kier molecular flexibility index (Phi) is 4.87. The van der Waals surface area contributed by atoms with Crippen molar-refractivity contribution < 1.29 is 0 Å². The zero-order valence-corrected chi connectivity index (χ0v) is 11.9. The summed E-state index contributed by atoms with van der Waals surface area (Å²) in [4.78, 5) is 2.81. The molecular formula is C15H30N2. The molecule has 2 fully saturated rings. The van der Waals surface area contributed by atoms with Gasteiger partial charge in [0.25, 0.3) is 0 Å². The molecule has 0 aromatic rings. The third kappa shape index (κ3) is 3.45. The Morgan fingerprint density at radius 2 is 1.88 bits per heavy atom. The standard InChI is InChI=1S/C15H30N2/c1-12-10-16-8-5-9-17(11-12)15-7-4-6-13(2)14(15)3/h12-16H,4-11H2,1-3H3. The normalized spacial score (nSPS) is 41.8. The summed E-state index contributed by atoms with van der Waals surface area (Å²) in [6, 6.07) is 0.860. The molecule has 100 valence electrons. The summed E-state index contributed by atoms with van der Waals surface area (Å²) in [5, 5.41) is 3.55. The van der Waals surface area contributed by atoms with Gasteiger partial charge in [0.2, 0.25) is 0 Å². The number of nitrogens with zero attached hydrogens (tertiary/aromatic N) is 1. The van der Waals surface area contributed by atoms with Crippen LogP contribution in [0.25, 0.3) is 0 Å². The molecule has 0 amide bonds. The van der Waals surface area contributed by atoms with E-state index < -0.39 is 0 Å². The lowest BCUT2D eigenvalue weighted by atomic mass is 9.77. The number of hydrogen-bond donors (Lipinski definition) is 1. The van der Waals surface area contributed by atoms with Crippen LogP contribution in [0, 0.1) is 17.8 Å². The van der Waals surface area contributed by atoms with E-state index in [0.29, 0.717) is 0 Å². The summed E-state index contributed by atoms with van der Waals surface area (Å²) < 4.78 is 0. The Labute approximate surface area is 107 Å². The van der Waals surface area contributed by atoms with Crippen LogP contribution in [-0.2, 0) is 0 Å². The first-order valence-electron chi connectivity index (χ1n) is 7.63. The van der Waals surface area contributed by atoms with E-state index in [1.54, 1.807) is 0 Å². The average molecular weight is 238 g/mol. The van der Waals surface area contributed by atoms with Gasteiger partial charge in [0.05, 0.1) is 0 Å². The molecule has 0 aromatic heterocycles. The van der Waals surface area contributed by atoms with Crippen molar-refractivity contribution in [3.63, 3.8) is 0 Å². The summed E-state index contributed by atoms with van der Waals surface area (Å²) in [6.07, 6.45) is 5.65. The second kappa shape index (κ2) is 6.19. The van der Waals surface area contributed by atoms with E-state index >= 15 is 0 Å². The highest BCUT2D eigenvalue weighted by Gasteiger charge is 2.32. The van der Waals surface area contributed by atoms with E-state index in [4.69, 9.17) is 0 Å². The Morgan fingerprint density at radius 3 is 2.71 bits per heavy atom. The molecule has 1 saturated carbocycles. The molecule has 1 N–H and O–H groups in total. The molecule has 0 aromatic carbocycles. The quantitative estimate of drug-likeness (QED) is 0.755. The number of hydrogen-bond acceptors (Lipinski definition) is 2. The van der Waals surface area contributed by atoms with Crippen molar-refractivity contribution in [3.8, 4) is 0 Å². The molecule has 1 heterocycles. The van der Waals surface area contributed by atoms with Crippen LogP contribution >= 0.6 is 0 Å². The molecular weight excluding hydrogens is 208 g/mol. The first kappa shape index (κ1) is 13.4. The van der Waals surface area contributed by atoms with Gasteiger partial charge in [0, 0.05) is 12.6 Å². The summed E-state index contributed by atoms with van der Waals surface area (Å²) in [7, 11) is 0. The zero-order chi connectivity index (χ0) is 12.3. The maximum Gasteiger partial charge on any atom is 0.0124 e. The fourth-order valence-corrected chi connectivity index (χ4v) is 3.68.